The molecule has 0 spiro atoms. The summed E-state index contributed by atoms with van der Waals surface area (Å²) in [5, 5.41) is 3.53. The van der Waals surface area contributed by atoms with E-state index < -0.39 is 0 Å². The molecule has 0 saturated heterocycles. The fourth-order valence-corrected chi connectivity index (χ4v) is 3.22. The first-order chi connectivity index (χ1) is 9.72. The molecule has 1 N–H and O–H groups in total. The molecule has 0 amide bonds. The van der Waals surface area contributed by atoms with Crippen molar-refractivity contribution in [2.75, 3.05) is 26.8 Å². The molecule has 0 heterocycles. The highest BCUT2D eigenvalue weighted by molar-refractivity contribution is 9.10. The van der Waals surface area contributed by atoms with Crippen molar-refractivity contribution in [2.45, 2.75) is 33.1 Å². The molecular formula is C17H28BrNO. The molecular weight excluding hydrogens is 314 g/mol. The van der Waals surface area contributed by atoms with E-state index in [2.05, 4.69) is 59.4 Å². The maximum absolute atomic E-state index is 5.10. The second-order valence-electron chi connectivity index (χ2n) is 5.33. The Morgan fingerprint density at radius 2 is 1.85 bits per heavy atom. The van der Waals surface area contributed by atoms with E-state index in [0.717, 1.165) is 32.0 Å². The van der Waals surface area contributed by atoms with Gasteiger partial charge in [-0.15, -0.1) is 0 Å². The van der Waals surface area contributed by atoms with E-state index in [4.69, 9.17) is 4.74 Å². The lowest BCUT2D eigenvalue weighted by Crippen LogP contribution is -2.31. The van der Waals surface area contributed by atoms with E-state index in [-0.39, 0.29) is 0 Å². The quantitative estimate of drug-likeness (QED) is 0.641. The number of methoxy groups -OCH3 is 1. The van der Waals surface area contributed by atoms with Crippen molar-refractivity contribution in [3.63, 3.8) is 0 Å². The summed E-state index contributed by atoms with van der Waals surface area (Å²) in [5.41, 5.74) is 1.41. The minimum absolute atomic E-state index is 0.681. The second kappa shape index (κ2) is 10.4. The summed E-state index contributed by atoms with van der Waals surface area (Å²) in [5.74, 6) is 1.46. The average Bonchev–Trinajstić information content (AvgIpc) is 2.46. The molecule has 1 atom stereocenters. The van der Waals surface area contributed by atoms with Gasteiger partial charge in [0.2, 0.25) is 0 Å². The largest absolute Gasteiger partial charge is 0.383 e. The van der Waals surface area contributed by atoms with Gasteiger partial charge in [-0.05, 0) is 36.4 Å². The van der Waals surface area contributed by atoms with Crippen molar-refractivity contribution in [3.05, 3.63) is 34.3 Å². The highest BCUT2D eigenvalue weighted by Crippen LogP contribution is 2.26. The van der Waals surface area contributed by atoms with E-state index in [1.807, 2.05) is 0 Å². The average molecular weight is 342 g/mol. The van der Waals surface area contributed by atoms with Gasteiger partial charge in [0.25, 0.3) is 0 Å². The zero-order chi connectivity index (χ0) is 14.8. The Bertz CT molecular complexity index is 366. The van der Waals surface area contributed by atoms with Crippen LogP contribution in [0.15, 0.2) is 28.7 Å². The van der Waals surface area contributed by atoms with Crippen LogP contribution in [0, 0.1) is 11.8 Å². The Labute approximate surface area is 132 Å². The summed E-state index contributed by atoms with van der Waals surface area (Å²) < 4.78 is 6.33. The van der Waals surface area contributed by atoms with Gasteiger partial charge in [0.1, 0.15) is 0 Å². The van der Waals surface area contributed by atoms with Crippen LogP contribution < -0.4 is 5.32 Å². The molecule has 1 rings (SSSR count). The van der Waals surface area contributed by atoms with Crippen molar-refractivity contribution in [3.8, 4) is 0 Å². The number of nitrogens with one attached hydrogen (secondary N) is 1. The summed E-state index contributed by atoms with van der Waals surface area (Å²) in [4.78, 5) is 0. The van der Waals surface area contributed by atoms with E-state index in [0.29, 0.717) is 5.92 Å². The predicted molar refractivity (Wildman–Crippen MR) is 90.2 cm³/mol. The lowest BCUT2D eigenvalue weighted by Gasteiger charge is -2.26. The highest BCUT2D eigenvalue weighted by Gasteiger charge is 2.19. The fourth-order valence-electron chi connectivity index (χ4n) is 2.77. The van der Waals surface area contributed by atoms with Crippen LogP contribution in [0.1, 0.15) is 32.3 Å². The molecule has 0 saturated carbocycles. The van der Waals surface area contributed by atoms with Crippen LogP contribution in [0.4, 0.5) is 0 Å². The van der Waals surface area contributed by atoms with Gasteiger partial charge in [-0.2, -0.15) is 0 Å². The first kappa shape index (κ1) is 17.7. The fraction of sp³-hybridized carbons (Fsp3) is 0.647. The number of ether oxygens (including phenoxy) is 1. The van der Waals surface area contributed by atoms with Gasteiger partial charge in [0.15, 0.2) is 0 Å². The zero-order valence-electron chi connectivity index (χ0n) is 13.0. The predicted octanol–water partition coefficient (Wildman–Crippen LogP) is 4.28. The Balaban J connectivity index is 2.64. The summed E-state index contributed by atoms with van der Waals surface area (Å²) in [7, 11) is 1.75. The molecule has 1 aromatic rings. The number of hydrogen-bond donors (Lipinski definition) is 1. The van der Waals surface area contributed by atoms with E-state index in [1.54, 1.807) is 7.11 Å². The second-order valence-corrected chi connectivity index (χ2v) is 6.18. The first-order valence-corrected chi connectivity index (χ1v) is 8.45. The van der Waals surface area contributed by atoms with Crippen LogP contribution in [-0.2, 0) is 11.2 Å². The highest BCUT2D eigenvalue weighted by atomic mass is 79.9. The molecule has 1 unspecified atom stereocenters. The van der Waals surface area contributed by atoms with E-state index in [1.165, 1.54) is 22.9 Å². The lowest BCUT2D eigenvalue weighted by atomic mass is 9.83. The van der Waals surface area contributed by atoms with E-state index >= 15 is 0 Å². The van der Waals surface area contributed by atoms with Crippen LogP contribution in [0.5, 0.6) is 0 Å². The monoisotopic (exact) mass is 341 g/mol. The molecule has 0 radical (unpaired) electrons. The summed E-state index contributed by atoms with van der Waals surface area (Å²) in [6.45, 7) is 7.39. The van der Waals surface area contributed by atoms with Gasteiger partial charge in [-0.3, -0.25) is 0 Å². The molecule has 20 heavy (non-hydrogen) atoms. The van der Waals surface area contributed by atoms with Gasteiger partial charge in [-0.25, -0.2) is 0 Å². The van der Waals surface area contributed by atoms with Gasteiger partial charge < -0.3 is 10.1 Å². The molecule has 0 bridgehead atoms. The first-order valence-electron chi connectivity index (χ1n) is 7.65. The maximum atomic E-state index is 5.10. The molecule has 2 nitrogen and oxygen atoms in total. The zero-order valence-corrected chi connectivity index (χ0v) is 14.6. The van der Waals surface area contributed by atoms with Crippen molar-refractivity contribution >= 4 is 15.9 Å². The normalized spacial score (nSPS) is 12.8. The third-order valence-electron chi connectivity index (χ3n) is 4.04. The summed E-state index contributed by atoms with van der Waals surface area (Å²) in [6, 6.07) is 8.57. The Hall–Kier alpha value is -0.380. The summed E-state index contributed by atoms with van der Waals surface area (Å²) >= 11 is 3.67. The van der Waals surface area contributed by atoms with Crippen molar-refractivity contribution in [2.24, 2.45) is 11.8 Å². The summed E-state index contributed by atoms with van der Waals surface area (Å²) in [6.07, 6.45) is 3.63. The third-order valence-corrected chi connectivity index (χ3v) is 4.82. The van der Waals surface area contributed by atoms with Crippen LogP contribution >= 0.6 is 15.9 Å². The van der Waals surface area contributed by atoms with Crippen LogP contribution in [-0.4, -0.2) is 26.8 Å². The maximum Gasteiger partial charge on any atom is 0.0587 e. The van der Waals surface area contributed by atoms with E-state index in [9.17, 15) is 0 Å². The van der Waals surface area contributed by atoms with Gasteiger partial charge >= 0.3 is 0 Å². The molecule has 114 valence electrons. The smallest absolute Gasteiger partial charge is 0.0587 e. The molecule has 0 aliphatic heterocycles. The Morgan fingerprint density at radius 3 is 2.45 bits per heavy atom. The molecule has 0 aliphatic carbocycles. The van der Waals surface area contributed by atoms with Crippen LogP contribution in [0.3, 0.4) is 0 Å². The van der Waals surface area contributed by atoms with Crippen molar-refractivity contribution in [1.29, 1.82) is 0 Å². The van der Waals surface area contributed by atoms with Crippen LogP contribution in [0.25, 0.3) is 0 Å². The topological polar surface area (TPSA) is 21.3 Å². The number of halogens is 1. The number of rotatable bonds is 10. The molecule has 0 aromatic heterocycles. The molecule has 0 aliphatic rings. The van der Waals surface area contributed by atoms with Gasteiger partial charge in [0.05, 0.1) is 6.61 Å². The number of benzene rings is 1. The van der Waals surface area contributed by atoms with Gasteiger partial charge in [-0.1, -0.05) is 60.8 Å². The van der Waals surface area contributed by atoms with Gasteiger partial charge in [0, 0.05) is 18.1 Å². The Morgan fingerprint density at radius 1 is 1.15 bits per heavy atom. The minimum Gasteiger partial charge on any atom is -0.383 e. The third kappa shape index (κ3) is 5.94. The molecule has 3 heteroatoms. The van der Waals surface area contributed by atoms with Crippen molar-refractivity contribution < 1.29 is 4.74 Å². The minimum atomic E-state index is 0.681. The number of hydrogen-bond acceptors (Lipinski definition) is 2. The standard InChI is InChI=1S/C17H28BrNO/c1-4-14(5-2)16(13-19-10-11-20-3)12-15-8-6-7-9-17(15)18/h6-9,14,16,19H,4-5,10-13H2,1-3H3. The Kier molecular flexibility index (Phi) is 9.16. The molecule has 1 aromatic carbocycles. The molecule has 0 fully saturated rings. The SMILES string of the molecule is CCC(CC)C(CNCCOC)Cc1ccccc1Br. The van der Waals surface area contributed by atoms with Crippen LogP contribution in [0.2, 0.25) is 0 Å². The van der Waals surface area contributed by atoms with Crippen molar-refractivity contribution in [1.82, 2.24) is 5.32 Å². The lowest BCUT2D eigenvalue weighted by molar-refractivity contribution is 0.194.